The van der Waals surface area contributed by atoms with E-state index in [-0.39, 0.29) is 12.1 Å². The maximum atomic E-state index is 13.5. The molecule has 0 aliphatic carbocycles. The van der Waals surface area contributed by atoms with Gasteiger partial charge < -0.3 is 10.4 Å². The van der Waals surface area contributed by atoms with Gasteiger partial charge in [0, 0.05) is 6.54 Å². The minimum Gasteiger partial charge on any atom is -0.478 e. The molecule has 0 spiro atoms. The van der Waals surface area contributed by atoms with Crippen LogP contribution in [0.15, 0.2) is 24.3 Å². The summed E-state index contributed by atoms with van der Waals surface area (Å²) in [6.07, 6.45) is 0. The number of rotatable bonds is 4. The van der Waals surface area contributed by atoms with Gasteiger partial charge in [-0.2, -0.15) is 0 Å². The van der Waals surface area contributed by atoms with E-state index in [4.69, 9.17) is 5.11 Å². The summed E-state index contributed by atoms with van der Waals surface area (Å²) in [6.45, 7) is -0.307. The van der Waals surface area contributed by atoms with Crippen LogP contribution in [0.1, 0.15) is 26.3 Å². The second kappa shape index (κ2) is 6.65. The van der Waals surface area contributed by atoms with Crippen LogP contribution in [0.4, 0.5) is 22.0 Å². The van der Waals surface area contributed by atoms with Crippen LogP contribution in [-0.2, 0) is 6.54 Å². The Morgan fingerprint density at radius 1 is 0.833 bits per heavy atom. The van der Waals surface area contributed by atoms with Crippen LogP contribution in [-0.4, -0.2) is 17.0 Å². The molecule has 2 rings (SSSR count). The Morgan fingerprint density at radius 3 is 1.75 bits per heavy atom. The third-order valence-corrected chi connectivity index (χ3v) is 3.09. The summed E-state index contributed by atoms with van der Waals surface area (Å²) < 4.78 is 66.0. The second-order valence-corrected chi connectivity index (χ2v) is 4.63. The summed E-state index contributed by atoms with van der Waals surface area (Å²) in [4.78, 5) is 22.4. The molecule has 0 saturated carbocycles. The molecule has 2 N–H and O–H groups in total. The molecule has 0 fully saturated rings. The molecule has 2 aromatic carbocycles. The number of carboxylic acid groups (broad SMARTS) is 1. The van der Waals surface area contributed by atoms with Crippen molar-refractivity contribution in [3.63, 3.8) is 0 Å². The molecule has 0 radical (unpaired) electrons. The molecule has 0 aliphatic rings. The predicted molar refractivity (Wildman–Crippen MR) is 70.8 cm³/mol. The number of halogens is 5. The van der Waals surface area contributed by atoms with Crippen LogP contribution < -0.4 is 5.32 Å². The third-order valence-electron chi connectivity index (χ3n) is 3.09. The normalized spacial score (nSPS) is 10.5. The Bertz CT molecular complexity index is 792. The quantitative estimate of drug-likeness (QED) is 0.509. The Hall–Kier alpha value is -2.97. The number of carbonyl (C=O) groups excluding carboxylic acids is 1. The lowest BCUT2D eigenvalue weighted by Crippen LogP contribution is -2.26. The van der Waals surface area contributed by atoms with Crippen molar-refractivity contribution in [2.75, 3.05) is 0 Å². The number of hydrogen-bond acceptors (Lipinski definition) is 2. The Balaban J connectivity index is 2.20. The van der Waals surface area contributed by atoms with Crippen molar-refractivity contribution in [2.24, 2.45) is 0 Å². The second-order valence-electron chi connectivity index (χ2n) is 4.63. The highest BCUT2D eigenvalue weighted by Gasteiger charge is 2.29. The largest absolute Gasteiger partial charge is 0.478 e. The number of carboxylic acids is 1. The molecule has 0 atom stereocenters. The fourth-order valence-electron chi connectivity index (χ4n) is 1.84. The van der Waals surface area contributed by atoms with Gasteiger partial charge in [-0.15, -0.1) is 0 Å². The zero-order chi connectivity index (χ0) is 18.0. The molecule has 1 amide bonds. The highest BCUT2D eigenvalue weighted by atomic mass is 19.2. The maximum Gasteiger partial charge on any atom is 0.335 e. The lowest BCUT2D eigenvalue weighted by atomic mass is 10.1. The van der Waals surface area contributed by atoms with Gasteiger partial charge in [-0.1, -0.05) is 12.1 Å². The Labute approximate surface area is 131 Å². The average molecular weight is 345 g/mol. The molecular weight excluding hydrogens is 337 g/mol. The van der Waals surface area contributed by atoms with Crippen molar-refractivity contribution in [3.8, 4) is 0 Å². The Kier molecular flexibility index (Phi) is 4.82. The first-order chi connectivity index (χ1) is 11.2. The van der Waals surface area contributed by atoms with Gasteiger partial charge in [0.25, 0.3) is 5.91 Å². The maximum absolute atomic E-state index is 13.5. The lowest BCUT2D eigenvalue weighted by molar-refractivity contribution is 0.0696. The average Bonchev–Trinajstić information content (AvgIpc) is 2.57. The zero-order valence-corrected chi connectivity index (χ0v) is 11.7. The number of benzene rings is 2. The highest BCUT2D eigenvalue weighted by molar-refractivity contribution is 5.94. The summed E-state index contributed by atoms with van der Waals surface area (Å²) >= 11 is 0. The minimum absolute atomic E-state index is 0.0233. The van der Waals surface area contributed by atoms with E-state index in [1.807, 2.05) is 5.32 Å². The molecule has 24 heavy (non-hydrogen) atoms. The van der Waals surface area contributed by atoms with Gasteiger partial charge in [-0.05, 0) is 17.7 Å². The molecule has 9 heteroatoms. The standard InChI is InChI=1S/C15H8F5NO3/c16-9-8(10(17)12(19)13(20)11(9)18)14(22)21-5-6-1-3-7(4-2-6)15(23)24/h1-4H,5H2,(H,21,22)(H,23,24). The molecule has 126 valence electrons. The number of hydrogen-bond donors (Lipinski definition) is 2. The van der Waals surface area contributed by atoms with Crippen LogP contribution >= 0.6 is 0 Å². The van der Waals surface area contributed by atoms with Gasteiger partial charge in [0.15, 0.2) is 23.3 Å². The van der Waals surface area contributed by atoms with E-state index in [9.17, 15) is 31.5 Å². The zero-order valence-electron chi connectivity index (χ0n) is 11.7. The van der Waals surface area contributed by atoms with Crippen LogP contribution in [0.3, 0.4) is 0 Å². The third kappa shape index (κ3) is 3.19. The SMILES string of the molecule is O=C(O)c1ccc(CNC(=O)c2c(F)c(F)c(F)c(F)c2F)cc1. The van der Waals surface area contributed by atoms with E-state index in [2.05, 4.69) is 0 Å². The Morgan fingerprint density at radius 2 is 1.29 bits per heavy atom. The van der Waals surface area contributed by atoms with E-state index in [0.717, 1.165) is 0 Å². The first kappa shape index (κ1) is 17.4. The predicted octanol–water partition coefficient (Wildman–Crippen LogP) is 3.01. The molecule has 0 saturated heterocycles. The summed E-state index contributed by atoms with van der Waals surface area (Å²) in [5.41, 5.74) is -1.25. The van der Waals surface area contributed by atoms with Crippen LogP contribution in [0.2, 0.25) is 0 Å². The molecular formula is C15H8F5NO3. The van der Waals surface area contributed by atoms with E-state index >= 15 is 0 Å². The van der Waals surface area contributed by atoms with E-state index < -0.39 is 46.5 Å². The van der Waals surface area contributed by atoms with Crippen molar-refractivity contribution < 1.29 is 36.6 Å². The minimum atomic E-state index is -2.36. The van der Waals surface area contributed by atoms with Crippen LogP contribution in [0.25, 0.3) is 0 Å². The molecule has 0 aliphatic heterocycles. The van der Waals surface area contributed by atoms with Crippen molar-refractivity contribution in [2.45, 2.75) is 6.54 Å². The van der Waals surface area contributed by atoms with Gasteiger partial charge in [0.05, 0.1) is 5.56 Å². The fraction of sp³-hybridized carbons (Fsp3) is 0.0667. The lowest BCUT2D eigenvalue weighted by Gasteiger charge is -2.09. The number of aromatic carboxylic acids is 1. The number of carbonyl (C=O) groups is 2. The summed E-state index contributed by atoms with van der Waals surface area (Å²) in [5.74, 6) is -13.9. The monoisotopic (exact) mass is 345 g/mol. The van der Waals surface area contributed by atoms with Crippen molar-refractivity contribution in [1.29, 1.82) is 0 Å². The summed E-state index contributed by atoms with van der Waals surface area (Å²) in [6, 6.07) is 5.09. The van der Waals surface area contributed by atoms with Gasteiger partial charge >= 0.3 is 5.97 Å². The van der Waals surface area contributed by atoms with E-state index in [1.165, 1.54) is 24.3 Å². The highest BCUT2D eigenvalue weighted by Crippen LogP contribution is 2.23. The fourth-order valence-corrected chi connectivity index (χ4v) is 1.84. The van der Waals surface area contributed by atoms with Crippen LogP contribution in [0, 0.1) is 29.1 Å². The molecule has 0 heterocycles. The van der Waals surface area contributed by atoms with Gasteiger partial charge in [-0.3, -0.25) is 4.79 Å². The van der Waals surface area contributed by atoms with Gasteiger partial charge in [0.2, 0.25) is 5.82 Å². The van der Waals surface area contributed by atoms with Crippen molar-refractivity contribution in [1.82, 2.24) is 5.32 Å². The van der Waals surface area contributed by atoms with Gasteiger partial charge in [0.1, 0.15) is 5.56 Å². The van der Waals surface area contributed by atoms with Crippen molar-refractivity contribution in [3.05, 3.63) is 70.0 Å². The topological polar surface area (TPSA) is 66.4 Å². The van der Waals surface area contributed by atoms with Crippen LogP contribution in [0.5, 0.6) is 0 Å². The summed E-state index contributed by atoms with van der Waals surface area (Å²) in [7, 11) is 0. The van der Waals surface area contributed by atoms with Crippen molar-refractivity contribution >= 4 is 11.9 Å². The van der Waals surface area contributed by atoms with E-state index in [1.54, 1.807) is 0 Å². The smallest absolute Gasteiger partial charge is 0.335 e. The van der Waals surface area contributed by atoms with Gasteiger partial charge in [-0.25, -0.2) is 26.7 Å². The molecule has 0 unspecified atom stereocenters. The molecule has 2 aromatic rings. The summed E-state index contributed by atoms with van der Waals surface area (Å²) in [5, 5.41) is 10.7. The number of nitrogens with one attached hydrogen (secondary N) is 1. The number of amides is 1. The first-order valence-corrected chi connectivity index (χ1v) is 6.36. The van der Waals surface area contributed by atoms with E-state index in [0.29, 0.717) is 5.56 Å². The first-order valence-electron chi connectivity index (χ1n) is 6.36. The molecule has 4 nitrogen and oxygen atoms in total. The molecule has 0 bridgehead atoms. The molecule has 0 aromatic heterocycles.